The predicted octanol–water partition coefficient (Wildman–Crippen LogP) is -0.448. The van der Waals surface area contributed by atoms with Crippen LogP contribution >= 0.6 is 0 Å². The predicted molar refractivity (Wildman–Crippen MR) is 92.9 cm³/mol. The summed E-state index contributed by atoms with van der Waals surface area (Å²) in [4.78, 5) is 4.69. The van der Waals surface area contributed by atoms with Crippen molar-refractivity contribution < 1.29 is 42.3 Å². The molecule has 136 valence electrons. The largest absolute Gasteiger partial charge is 1.00 e. The first-order chi connectivity index (χ1) is 11.3. The fourth-order valence-corrected chi connectivity index (χ4v) is 2.71. The van der Waals surface area contributed by atoms with Crippen molar-refractivity contribution in [1.29, 1.82) is 0 Å². The second-order valence-electron chi connectivity index (χ2n) is 6.76. The monoisotopic (exact) mass is 345 g/mol. The van der Waals surface area contributed by atoms with Crippen LogP contribution in [-0.4, -0.2) is 43.3 Å². The van der Waals surface area contributed by atoms with Gasteiger partial charge in [0, 0.05) is 18.3 Å². The molecule has 1 fully saturated rings. The first-order valence-electron chi connectivity index (χ1n) is 8.70. The van der Waals surface area contributed by atoms with E-state index in [9.17, 15) is 0 Å². The van der Waals surface area contributed by atoms with Gasteiger partial charge in [-0.25, -0.2) is 0 Å². The summed E-state index contributed by atoms with van der Waals surface area (Å²) in [5.74, 6) is 0. The third-order valence-corrected chi connectivity index (χ3v) is 3.37. The van der Waals surface area contributed by atoms with Crippen molar-refractivity contribution in [2.45, 2.75) is 66.1 Å². The minimum Gasteiger partial charge on any atom is -0.538 e. The summed E-state index contributed by atoms with van der Waals surface area (Å²) < 4.78 is 29.5. The molecule has 1 aromatic rings. The van der Waals surface area contributed by atoms with Gasteiger partial charge in [-0.05, 0) is 53.2 Å². The van der Waals surface area contributed by atoms with Crippen LogP contribution in [0.25, 0.3) is 0 Å². The Labute approximate surface area is 163 Å². The minimum absolute atomic E-state index is 0. The molecule has 0 atom stereocenters. The summed E-state index contributed by atoms with van der Waals surface area (Å²) in [6.07, 6.45) is -0.679. The number of hydrogen-bond acceptors (Lipinski definition) is 6. The van der Waals surface area contributed by atoms with Crippen LogP contribution in [0, 0.1) is 0 Å². The maximum atomic E-state index is 6.14. The average molecular weight is 345 g/mol. The number of rotatable bonds is 8. The van der Waals surface area contributed by atoms with Gasteiger partial charge in [-0.2, -0.15) is 0 Å². The van der Waals surface area contributed by atoms with E-state index in [0.717, 1.165) is 0 Å². The molecule has 0 aliphatic carbocycles. The molecule has 25 heavy (non-hydrogen) atoms. The summed E-state index contributed by atoms with van der Waals surface area (Å²) in [6, 6.07) is 5.64. The maximum absolute atomic E-state index is 6.14. The second-order valence-corrected chi connectivity index (χ2v) is 6.76. The van der Waals surface area contributed by atoms with Crippen molar-refractivity contribution >= 4 is 12.3 Å². The number of aromatic nitrogens is 1. The molecule has 0 radical (unpaired) electrons. The van der Waals surface area contributed by atoms with Gasteiger partial charge < -0.3 is 23.4 Å². The standard InChI is InChI=1S/C17H29BNO5.Li/c1-12(2)22-18(23-13(3)4,24-14(5)6)16-9-7-8-15(19-16)17-20-10-11-21-17;/h7-9,12-14,17H,10-11H2,1-6H3;/q-1;+1. The molecule has 0 unspecified atom stereocenters. The minimum atomic E-state index is -2.18. The first-order valence-corrected chi connectivity index (χ1v) is 8.70. The third-order valence-electron chi connectivity index (χ3n) is 3.37. The van der Waals surface area contributed by atoms with Gasteiger partial charge in [0.25, 0.3) is 0 Å². The van der Waals surface area contributed by atoms with Crippen LogP contribution in [0.1, 0.15) is 53.5 Å². The molecule has 0 spiro atoms. The van der Waals surface area contributed by atoms with Crippen molar-refractivity contribution in [3.05, 3.63) is 23.9 Å². The van der Waals surface area contributed by atoms with E-state index >= 15 is 0 Å². The van der Waals surface area contributed by atoms with Crippen molar-refractivity contribution in [1.82, 2.24) is 4.98 Å². The van der Waals surface area contributed by atoms with Gasteiger partial charge in [-0.3, -0.25) is 4.98 Å². The van der Waals surface area contributed by atoms with Crippen LogP contribution in [0.4, 0.5) is 0 Å². The van der Waals surface area contributed by atoms with Gasteiger partial charge in [-0.15, -0.1) is 0 Å². The summed E-state index contributed by atoms with van der Waals surface area (Å²) in [5, 5.41) is 0. The summed E-state index contributed by atoms with van der Waals surface area (Å²) in [5.41, 5.74) is 1.31. The molecule has 1 aromatic heterocycles. The maximum Gasteiger partial charge on any atom is 1.00 e. The Kier molecular flexibility index (Phi) is 9.13. The van der Waals surface area contributed by atoms with E-state index in [1.54, 1.807) is 0 Å². The number of pyridine rings is 1. The number of ether oxygens (including phenoxy) is 2. The summed E-state index contributed by atoms with van der Waals surface area (Å²) in [6.45, 7) is 10.7. The van der Waals surface area contributed by atoms with Gasteiger partial charge in [0.05, 0.1) is 18.9 Å². The molecule has 1 aliphatic heterocycles. The number of nitrogens with zero attached hydrogens (tertiary/aromatic N) is 1. The van der Waals surface area contributed by atoms with Crippen molar-refractivity contribution in [2.75, 3.05) is 13.2 Å². The molecule has 0 saturated carbocycles. The van der Waals surface area contributed by atoms with Crippen LogP contribution in [0.3, 0.4) is 0 Å². The van der Waals surface area contributed by atoms with Crippen LogP contribution in [0.5, 0.6) is 0 Å². The van der Waals surface area contributed by atoms with E-state index in [1.807, 2.05) is 59.7 Å². The smallest absolute Gasteiger partial charge is 0.538 e. The molecule has 0 bridgehead atoms. The van der Waals surface area contributed by atoms with E-state index < -0.39 is 13.0 Å². The molecule has 0 amide bonds. The van der Waals surface area contributed by atoms with Crippen LogP contribution in [0.2, 0.25) is 0 Å². The average Bonchev–Trinajstić information content (AvgIpc) is 2.99. The first kappa shape index (κ1) is 22.7. The summed E-state index contributed by atoms with van der Waals surface area (Å²) >= 11 is 0. The fraction of sp³-hybridized carbons (Fsp3) is 0.706. The summed E-state index contributed by atoms with van der Waals surface area (Å²) in [7, 11) is 0. The molecule has 8 heteroatoms. The second kappa shape index (κ2) is 10.1. The van der Waals surface area contributed by atoms with Crippen molar-refractivity contribution in [3.63, 3.8) is 0 Å². The molecule has 1 saturated heterocycles. The van der Waals surface area contributed by atoms with Gasteiger partial charge >= 0.3 is 25.6 Å². The zero-order valence-corrected chi connectivity index (χ0v) is 16.5. The topological polar surface area (TPSA) is 59.0 Å². The molecule has 0 N–H and O–H groups in total. The van der Waals surface area contributed by atoms with Crippen LogP contribution in [-0.2, 0) is 23.4 Å². The van der Waals surface area contributed by atoms with E-state index in [1.165, 1.54) is 0 Å². The molecule has 6 nitrogen and oxygen atoms in total. The van der Waals surface area contributed by atoms with E-state index in [2.05, 4.69) is 4.98 Å². The third kappa shape index (κ3) is 6.37. The Morgan fingerprint density at radius 2 is 1.40 bits per heavy atom. The van der Waals surface area contributed by atoms with Gasteiger partial charge in [0.1, 0.15) is 0 Å². The Balaban J connectivity index is 0.00000312. The number of hydrogen-bond donors (Lipinski definition) is 0. The van der Waals surface area contributed by atoms with Crippen molar-refractivity contribution in [2.24, 2.45) is 0 Å². The SMILES string of the molecule is CC(C)O[B-](OC(C)C)(OC(C)C)c1cccc(C2OCCO2)n1.[Li+]. The van der Waals surface area contributed by atoms with E-state index in [4.69, 9.17) is 23.4 Å². The van der Waals surface area contributed by atoms with E-state index in [-0.39, 0.29) is 37.2 Å². The molecule has 2 heterocycles. The molecule has 2 rings (SSSR count). The Morgan fingerprint density at radius 3 is 1.84 bits per heavy atom. The van der Waals surface area contributed by atoms with Crippen molar-refractivity contribution in [3.8, 4) is 0 Å². The Hall–Kier alpha value is -0.388. The molecular formula is C17H29BLiNO5. The van der Waals surface area contributed by atoms with Crippen LogP contribution in [0.15, 0.2) is 18.2 Å². The quantitative estimate of drug-likeness (QED) is 0.595. The van der Waals surface area contributed by atoms with E-state index in [0.29, 0.717) is 24.5 Å². The zero-order valence-electron chi connectivity index (χ0n) is 16.5. The molecule has 0 aromatic carbocycles. The van der Waals surface area contributed by atoms with Gasteiger partial charge in [0.2, 0.25) is 6.29 Å². The Morgan fingerprint density at radius 1 is 0.920 bits per heavy atom. The normalized spacial score (nSPS) is 16.0. The Bertz CT molecular complexity index is 497. The van der Waals surface area contributed by atoms with Crippen LogP contribution < -0.4 is 24.5 Å². The molecule has 1 aliphatic rings. The van der Waals surface area contributed by atoms with Gasteiger partial charge in [0.15, 0.2) is 0 Å². The molecular weight excluding hydrogens is 316 g/mol. The zero-order chi connectivity index (χ0) is 17.7. The van der Waals surface area contributed by atoms with Gasteiger partial charge in [-0.1, -0.05) is 12.1 Å². The fourth-order valence-electron chi connectivity index (χ4n) is 2.71.